The quantitative estimate of drug-likeness (QED) is 0.571. The number of hydrogen-bond acceptors (Lipinski definition) is 4. The van der Waals surface area contributed by atoms with E-state index in [1.54, 1.807) is 6.07 Å². The zero-order chi connectivity index (χ0) is 15.4. The van der Waals surface area contributed by atoms with Crippen molar-refractivity contribution in [2.75, 3.05) is 5.32 Å². The first kappa shape index (κ1) is 13.8. The largest absolute Gasteiger partial charge is 0.334 e. The van der Waals surface area contributed by atoms with Gasteiger partial charge in [0.15, 0.2) is 0 Å². The molecule has 0 aliphatic heterocycles. The normalized spacial score (nSPS) is 10.2. The lowest BCUT2D eigenvalue weighted by molar-refractivity contribution is -0.384. The zero-order valence-electron chi connectivity index (χ0n) is 11.6. The Morgan fingerprint density at radius 2 is 1.68 bits per heavy atom. The first-order valence-corrected chi connectivity index (χ1v) is 6.76. The van der Waals surface area contributed by atoms with E-state index in [4.69, 9.17) is 0 Å². The Kier molecular flexibility index (Phi) is 3.78. The topological polar surface area (TPSA) is 68.1 Å². The van der Waals surface area contributed by atoms with Gasteiger partial charge in [-0.25, -0.2) is 4.98 Å². The fourth-order valence-electron chi connectivity index (χ4n) is 2.18. The Morgan fingerprint density at radius 3 is 2.45 bits per heavy atom. The summed E-state index contributed by atoms with van der Waals surface area (Å²) in [6.45, 7) is 0. The van der Waals surface area contributed by atoms with Crippen LogP contribution in [0, 0.1) is 10.1 Å². The Bertz CT molecular complexity index is 804. The predicted octanol–water partition coefficient (Wildman–Crippen LogP) is 4.40. The van der Waals surface area contributed by atoms with Crippen LogP contribution < -0.4 is 5.32 Å². The summed E-state index contributed by atoms with van der Waals surface area (Å²) < 4.78 is 0. The summed E-state index contributed by atoms with van der Waals surface area (Å²) in [5.74, 6) is 0.234. The monoisotopic (exact) mass is 291 g/mol. The molecule has 0 saturated heterocycles. The second-order valence-electron chi connectivity index (χ2n) is 4.70. The van der Waals surface area contributed by atoms with E-state index in [0.717, 1.165) is 16.8 Å². The number of nitrogens with zero attached hydrogens (tertiary/aromatic N) is 2. The van der Waals surface area contributed by atoms with Gasteiger partial charge in [0, 0.05) is 18.0 Å². The average molecular weight is 291 g/mol. The van der Waals surface area contributed by atoms with Crippen molar-refractivity contribution < 1.29 is 4.92 Å². The Hall–Kier alpha value is -3.21. The van der Waals surface area contributed by atoms with Gasteiger partial charge in [-0.1, -0.05) is 42.5 Å². The Morgan fingerprint density at radius 1 is 0.909 bits per heavy atom. The van der Waals surface area contributed by atoms with E-state index in [9.17, 15) is 10.1 Å². The molecule has 1 aromatic heterocycles. The molecule has 3 aromatic rings. The van der Waals surface area contributed by atoms with E-state index in [-0.39, 0.29) is 11.5 Å². The second-order valence-corrected chi connectivity index (χ2v) is 4.70. The van der Waals surface area contributed by atoms with E-state index < -0.39 is 4.92 Å². The number of hydrogen-bond donors (Lipinski definition) is 1. The van der Waals surface area contributed by atoms with Crippen LogP contribution in [0.3, 0.4) is 0 Å². The summed E-state index contributed by atoms with van der Waals surface area (Å²) in [6, 6.07) is 20.6. The SMILES string of the molecule is O=[N+]([O-])c1cccnc1Nc1cccc(-c2ccccc2)c1. The summed E-state index contributed by atoms with van der Waals surface area (Å²) in [4.78, 5) is 14.6. The smallest absolute Gasteiger partial charge is 0.311 e. The van der Waals surface area contributed by atoms with Gasteiger partial charge in [-0.05, 0) is 29.3 Å². The van der Waals surface area contributed by atoms with Crippen LogP contribution in [0.25, 0.3) is 11.1 Å². The van der Waals surface area contributed by atoms with Gasteiger partial charge in [-0.15, -0.1) is 0 Å². The highest BCUT2D eigenvalue weighted by Crippen LogP contribution is 2.27. The van der Waals surface area contributed by atoms with Crippen LogP contribution in [-0.2, 0) is 0 Å². The molecular formula is C17H13N3O2. The Balaban J connectivity index is 1.93. The highest BCUT2D eigenvalue weighted by Gasteiger charge is 2.14. The molecule has 0 aliphatic rings. The number of aromatic nitrogens is 1. The molecule has 0 amide bonds. The van der Waals surface area contributed by atoms with Gasteiger partial charge in [0.1, 0.15) is 0 Å². The van der Waals surface area contributed by atoms with Gasteiger partial charge < -0.3 is 5.32 Å². The maximum absolute atomic E-state index is 11.0. The van der Waals surface area contributed by atoms with E-state index in [2.05, 4.69) is 10.3 Å². The van der Waals surface area contributed by atoms with E-state index in [0.29, 0.717) is 0 Å². The first-order chi connectivity index (χ1) is 10.7. The summed E-state index contributed by atoms with van der Waals surface area (Å²) in [7, 11) is 0. The fraction of sp³-hybridized carbons (Fsp3) is 0. The van der Waals surface area contributed by atoms with Gasteiger partial charge >= 0.3 is 5.69 Å². The lowest BCUT2D eigenvalue weighted by atomic mass is 10.1. The highest BCUT2D eigenvalue weighted by atomic mass is 16.6. The van der Waals surface area contributed by atoms with Crippen molar-refractivity contribution in [2.45, 2.75) is 0 Å². The summed E-state index contributed by atoms with van der Waals surface area (Å²) in [6.07, 6.45) is 1.52. The minimum absolute atomic E-state index is 0.0485. The molecule has 0 saturated carbocycles. The maximum atomic E-state index is 11.0. The number of pyridine rings is 1. The van der Waals surface area contributed by atoms with Crippen LogP contribution in [-0.4, -0.2) is 9.91 Å². The number of nitrogens with one attached hydrogen (secondary N) is 1. The molecule has 0 atom stereocenters. The van der Waals surface area contributed by atoms with E-state index in [1.807, 2.05) is 54.6 Å². The third kappa shape index (κ3) is 2.93. The van der Waals surface area contributed by atoms with Crippen molar-refractivity contribution in [3.63, 3.8) is 0 Å². The molecule has 0 fully saturated rings. The highest BCUT2D eigenvalue weighted by molar-refractivity contribution is 5.72. The van der Waals surface area contributed by atoms with Crippen molar-refractivity contribution in [3.8, 4) is 11.1 Å². The van der Waals surface area contributed by atoms with Crippen molar-refractivity contribution in [1.82, 2.24) is 4.98 Å². The number of rotatable bonds is 4. The van der Waals surface area contributed by atoms with Crippen molar-refractivity contribution in [1.29, 1.82) is 0 Å². The Labute approximate surface area is 127 Å². The van der Waals surface area contributed by atoms with Gasteiger partial charge in [0.2, 0.25) is 5.82 Å². The van der Waals surface area contributed by atoms with Crippen LogP contribution in [0.2, 0.25) is 0 Å². The molecule has 5 nitrogen and oxygen atoms in total. The molecule has 1 heterocycles. The summed E-state index contributed by atoms with van der Waals surface area (Å²) in [5, 5.41) is 14.0. The molecule has 0 unspecified atom stereocenters. The average Bonchev–Trinajstić information content (AvgIpc) is 2.56. The molecule has 108 valence electrons. The molecule has 0 bridgehead atoms. The molecule has 0 radical (unpaired) electrons. The lowest BCUT2D eigenvalue weighted by Gasteiger charge is -2.08. The molecule has 1 N–H and O–H groups in total. The standard InChI is InChI=1S/C17H13N3O2/c21-20(22)16-10-5-11-18-17(16)19-15-9-4-8-14(12-15)13-6-2-1-3-7-13/h1-12H,(H,18,19). The predicted molar refractivity (Wildman–Crippen MR) is 86.1 cm³/mol. The zero-order valence-corrected chi connectivity index (χ0v) is 11.6. The number of anilines is 2. The summed E-state index contributed by atoms with van der Waals surface area (Å²) in [5.41, 5.74) is 2.82. The molecule has 5 heteroatoms. The molecular weight excluding hydrogens is 278 g/mol. The first-order valence-electron chi connectivity index (χ1n) is 6.76. The summed E-state index contributed by atoms with van der Waals surface area (Å²) >= 11 is 0. The third-order valence-electron chi connectivity index (χ3n) is 3.22. The van der Waals surface area contributed by atoms with Crippen LogP contribution in [0.4, 0.5) is 17.2 Å². The second kappa shape index (κ2) is 6.05. The molecule has 0 aliphatic carbocycles. The fourth-order valence-corrected chi connectivity index (χ4v) is 2.18. The third-order valence-corrected chi connectivity index (χ3v) is 3.22. The van der Waals surface area contributed by atoms with Crippen LogP contribution in [0.5, 0.6) is 0 Å². The van der Waals surface area contributed by atoms with Crippen molar-refractivity contribution >= 4 is 17.2 Å². The molecule has 2 aromatic carbocycles. The molecule has 22 heavy (non-hydrogen) atoms. The van der Waals surface area contributed by atoms with Gasteiger partial charge in [0.05, 0.1) is 4.92 Å². The lowest BCUT2D eigenvalue weighted by Crippen LogP contribution is -1.99. The van der Waals surface area contributed by atoms with Crippen molar-refractivity contribution in [2.24, 2.45) is 0 Å². The minimum atomic E-state index is -0.448. The number of benzene rings is 2. The maximum Gasteiger partial charge on any atom is 0.311 e. The van der Waals surface area contributed by atoms with Crippen LogP contribution >= 0.6 is 0 Å². The number of nitro groups is 1. The van der Waals surface area contributed by atoms with Gasteiger partial charge in [-0.2, -0.15) is 0 Å². The minimum Gasteiger partial charge on any atom is -0.334 e. The molecule has 3 rings (SSSR count). The molecule has 0 spiro atoms. The van der Waals surface area contributed by atoms with Crippen LogP contribution in [0.15, 0.2) is 72.9 Å². The van der Waals surface area contributed by atoms with Crippen LogP contribution in [0.1, 0.15) is 0 Å². The van der Waals surface area contributed by atoms with E-state index >= 15 is 0 Å². The van der Waals surface area contributed by atoms with Gasteiger partial charge in [0.25, 0.3) is 0 Å². The van der Waals surface area contributed by atoms with Gasteiger partial charge in [-0.3, -0.25) is 10.1 Å². The van der Waals surface area contributed by atoms with E-state index in [1.165, 1.54) is 12.3 Å². The van der Waals surface area contributed by atoms with Crippen molar-refractivity contribution in [3.05, 3.63) is 83.0 Å².